The van der Waals surface area contributed by atoms with Gasteiger partial charge in [0, 0.05) is 5.56 Å². The Labute approximate surface area is 128 Å². The van der Waals surface area contributed by atoms with Crippen LogP contribution in [0.2, 0.25) is 0 Å². The molecule has 0 fully saturated rings. The van der Waals surface area contributed by atoms with E-state index in [9.17, 15) is 18.0 Å². The molecule has 2 aromatic rings. The Balaban J connectivity index is 2.41. The summed E-state index contributed by atoms with van der Waals surface area (Å²) in [5, 5.41) is 0. The van der Waals surface area contributed by atoms with Crippen molar-refractivity contribution in [2.45, 2.75) is 17.7 Å². The summed E-state index contributed by atoms with van der Waals surface area (Å²) >= 11 is 0. The monoisotopic (exact) mass is 318 g/mol. The molecule has 0 aliphatic rings. The Bertz CT molecular complexity index is 792. The molecule has 2 aromatic carbocycles. The minimum atomic E-state index is -4.31. The second-order valence-electron chi connectivity index (χ2n) is 4.82. The molecule has 0 aliphatic carbocycles. The zero-order valence-corrected chi connectivity index (χ0v) is 12.6. The van der Waals surface area contributed by atoms with E-state index in [0.29, 0.717) is 11.1 Å². The van der Waals surface area contributed by atoms with Crippen LogP contribution in [0.15, 0.2) is 59.5 Å². The maximum Gasteiger partial charge on any atom is 0.294 e. The first-order valence-corrected chi connectivity index (χ1v) is 7.92. The number of carbonyl (C=O) groups is 2. The van der Waals surface area contributed by atoms with E-state index in [-0.39, 0.29) is 16.5 Å². The van der Waals surface area contributed by atoms with Crippen molar-refractivity contribution in [2.24, 2.45) is 0 Å². The van der Waals surface area contributed by atoms with Gasteiger partial charge in [0.15, 0.2) is 5.78 Å². The minimum Gasteiger partial charge on any atom is -0.299 e. The molecule has 0 saturated heterocycles. The summed E-state index contributed by atoms with van der Waals surface area (Å²) in [5.41, 5.74) is 0.787. The summed E-state index contributed by atoms with van der Waals surface area (Å²) in [4.78, 5) is 24.0. The van der Waals surface area contributed by atoms with E-state index in [4.69, 9.17) is 4.55 Å². The normalized spacial score (nSPS) is 12.6. The van der Waals surface area contributed by atoms with Crippen LogP contribution < -0.4 is 0 Å². The van der Waals surface area contributed by atoms with Crippen LogP contribution >= 0.6 is 0 Å². The number of benzene rings is 2. The number of ketones is 2. The van der Waals surface area contributed by atoms with Crippen molar-refractivity contribution in [3.8, 4) is 0 Å². The molecule has 0 aromatic heterocycles. The zero-order chi connectivity index (χ0) is 16.3. The first kappa shape index (κ1) is 16.1. The average Bonchev–Trinajstić information content (AvgIpc) is 2.47. The molecular weight excluding hydrogens is 304 g/mol. The molecule has 0 spiro atoms. The number of hydrogen-bond donors (Lipinski definition) is 1. The molecule has 1 atom stereocenters. The molecular formula is C16H14O5S. The summed E-state index contributed by atoms with van der Waals surface area (Å²) in [6.45, 7) is 1.31. The van der Waals surface area contributed by atoms with Crippen LogP contribution in [0.25, 0.3) is 0 Å². The number of hydrogen-bond acceptors (Lipinski definition) is 4. The third-order valence-electron chi connectivity index (χ3n) is 3.24. The Hall–Kier alpha value is -2.31. The van der Waals surface area contributed by atoms with E-state index >= 15 is 0 Å². The molecule has 6 heteroatoms. The Morgan fingerprint density at radius 1 is 0.955 bits per heavy atom. The van der Waals surface area contributed by atoms with E-state index in [1.807, 2.05) is 0 Å². The molecule has 0 amide bonds. The van der Waals surface area contributed by atoms with Crippen LogP contribution in [-0.4, -0.2) is 24.5 Å². The van der Waals surface area contributed by atoms with Gasteiger partial charge in [-0.05, 0) is 24.6 Å². The lowest BCUT2D eigenvalue weighted by molar-refractivity contribution is -0.117. The Morgan fingerprint density at radius 3 is 1.95 bits per heavy atom. The van der Waals surface area contributed by atoms with Gasteiger partial charge in [0.25, 0.3) is 10.1 Å². The molecule has 0 radical (unpaired) electrons. The SMILES string of the molecule is CC(=O)C(C(=O)c1ccccc1)c1ccc(S(=O)(=O)O)cc1. The molecule has 22 heavy (non-hydrogen) atoms. The summed E-state index contributed by atoms with van der Waals surface area (Å²) in [7, 11) is -4.31. The van der Waals surface area contributed by atoms with Gasteiger partial charge in [0.05, 0.1) is 4.90 Å². The van der Waals surface area contributed by atoms with Crippen LogP contribution in [0, 0.1) is 0 Å². The lowest BCUT2D eigenvalue weighted by atomic mass is 9.88. The molecule has 0 saturated carbocycles. The van der Waals surface area contributed by atoms with Crippen molar-refractivity contribution in [2.75, 3.05) is 0 Å². The highest BCUT2D eigenvalue weighted by atomic mass is 32.2. The summed E-state index contributed by atoms with van der Waals surface area (Å²) in [6.07, 6.45) is 0. The predicted octanol–water partition coefficient (Wildman–Crippen LogP) is 2.49. The van der Waals surface area contributed by atoms with Crippen LogP contribution in [-0.2, 0) is 14.9 Å². The van der Waals surface area contributed by atoms with E-state index in [1.54, 1.807) is 30.3 Å². The fourth-order valence-corrected chi connectivity index (χ4v) is 2.65. The average molecular weight is 318 g/mol. The zero-order valence-electron chi connectivity index (χ0n) is 11.8. The molecule has 5 nitrogen and oxygen atoms in total. The quantitative estimate of drug-likeness (QED) is 0.520. The topological polar surface area (TPSA) is 88.5 Å². The highest BCUT2D eigenvalue weighted by molar-refractivity contribution is 7.85. The van der Waals surface area contributed by atoms with Crippen molar-refractivity contribution >= 4 is 21.7 Å². The molecule has 1 unspecified atom stereocenters. The van der Waals surface area contributed by atoms with Crippen molar-refractivity contribution < 1.29 is 22.6 Å². The van der Waals surface area contributed by atoms with E-state index in [1.165, 1.54) is 31.2 Å². The predicted molar refractivity (Wildman–Crippen MR) is 80.5 cm³/mol. The lowest BCUT2D eigenvalue weighted by Gasteiger charge is -2.13. The van der Waals surface area contributed by atoms with Crippen molar-refractivity contribution in [1.29, 1.82) is 0 Å². The van der Waals surface area contributed by atoms with Crippen LogP contribution in [0.4, 0.5) is 0 Å². The van der Waals surface area contributed by atoms with Gasteiger partial charge in [-0.15, -0.1) is 0 Å². The number of rotatable bonds is 5. The Kier molecular flexibility index (Phi) is 4.54. The van der Waals surface area contributed by atoms with E-state index < -0.39 is 16.0 Å². The maximum atomic E-state index is 12.5. The van der Waals surface area contributed by atoms with Gasteiger partial charge in [0.2, 0.25) is 0 Å². The molecule has 1 N–H and O–H groups in total. The van der Waals surface area contributed by atoms with E-state index in [0.717, 1.165) is 0 Å². The van der Waals surface area contributed by atoms with Crippen molar-refractivity contribution in [3.63, 3.8) is 0 Å². The van der Waals surface area contributed by atoms with Crippen LogP contribution in [0.1, 0.15) is 28.8 Å². The second kappa shape index (κ2) is 6.21. The van der Waals surface area contributed by atoms with Gasteiger partial charge in [-0.25, -0.2) is 0 Å². The van der Waals surface area contributed by atoms with Gasteiger partial charge >= 0.3 is 0 Å². The van der Waals surface area contributed by atoms with Gasteiger partial charge in [0.1, 0.15) is 11.7 Å². The number of carbonyl (C=O) groups excluding carboxylic acids is 2. The van der Waals surface area contributed by atoms with Gasteiger partial charge in [-0.2, -0.15) is 8.42 Å². The summed E-state index contributed by atoms with van der Waals surface area (Å²) < 4.78 is 31.0. The highest BCUT2D eigenvalue weighted by Gasteiger charge is 2.26. The Morgan fingerprint density at radius 2 is 1.50 bits per heavy atom. The lowest BCUT2D eigenvalue weighted by Crippen LogP contribution is -2.20. The van der Waals surface area contributed by atoms with Crippen molar-refractivity contribution in [1.82, 2.24) is 0 Å². The molecule has 114 valence electrons. The van der Waals surface area contributed by atoms with Gasteiger partial charge in [-0.3, -0.25) is 14.1 Å². The third kappa shape index (κ3) is 3.47. The molecule has 2 rings (SSSR count). The maximum absolute atomic E-state index is 12.5. The van der Waals surface area contributed by atoms with Crippen LogP contribution in [0.5, 0.6) is 0 Å². The summed E-state index contributed by atoms with van der Waals surface area (Å²) in [5.74, 6) is -1.70. The second-order valence-corrected chi connectivity index (χ2v) is 6.24. The summed E-state index contributed by atoms with van der Waals surface area (Å²) in [6, 6.07) is 13.4. The first-order valence-electron chi connectivity index (χ1n) is 6.48. The smallest absolute Gasteiger partial charge is 0.294 e. The number of Topliss-reactive ketones (excluding diaryl/α,β-unsaturated/α-hetero) is 2. The standard InChI is InChI=1S/C16H14O5S/c1-11(17)15(16(18)13-5-3-2-4-6-13)12-7-9-14(10-8-12)22(19,20)21/h2-10,15H,1H3,(H,19,20,21). The fourth-order valence-electron chi connectivity index (χ4n) is 2.17. The van der Waals surface area contributed by atoms with Gasteiger partial charge < -0.3 is 0 Å². The van der Waals surface area contributed by atoms with Crippen LogP contribution in [0.3, 0.4) is 0 Å². The first-order chi connectivity index (χ1) is 10.3. The van der Waals surface area contributed by atoms with Gasteiger partial charge in [-0.1, -0.05) is 42.5 Å². The molecule has 0 bridgehead atoms. The highest BCUT2D eigenvalue weighted by Crippen LogP contribution is 2.23. The molecule has 0 heterocycles. The van der Waals surface area contributed by atoms with E-state index in [2.05, 4.69) is 0 Å². The third-order valence-corrected chi connectivity index (χ3v) is 4.11. The van der Waals surface area contributed by atoms with Crippen molar-refractivity contribution in [3.05, 3.63) is 65.7 Å². The minimum absolute atomic E-state index is 0.286. The largest absolute Gasteiger partial charge is 0.299 e. The fraction of sp³-hybridized carbons (Fsp3) is 0.125. The molecule has 0 aliphatic heterocycles.